The first-order chi connectivity index (χ1) is 9.63. The summed E-state index contributed by atoms with van der Waals surface area (Å²) >= 11 is 0. The number of nitrogens with zero attached hydrogens (tertiary/aromatic N) is 4. The number of hydrogen-bond donors (Lipinski definition) is 2. The lowest BCUT2D eigenvalue weighted by molar-refractivity contribution is 0.628. The number of tetrazole rings is 1. The number of aryl methyl sites for hydroxylation is 3. The van der Waals surface area contributed by atoms with Crippen LogP contribution in [0.5, 0.6) is 0 Å². The summed E-state index contributed by atoms with van der Waals surface area (Å²) in [5.74, 6) is 0.588. The number of hydrogen-bond acceptors (Lipinski definition) is 5. The molecule has 6 nitrogen and oxygen atoms in total. The van der Waals surface area contributed by atoms with Gasteiger partial charge in [-0.2, -0.15) is 4.80 Å². The van der Waals surface area contributed by atoms with Crippen LogP contribution >= 0.6 is 0 Å². The lowest BCUT2D eigenvalue weighted by Crippen LogP contribution is -2.12. The molecule has 0 bridgehead atoms. The molecule has 3 rings (SSSR count). The van der Waals surface area contributed by atoms with E-state index in [4.69, 9.17) is 0 Å². The van der Waals surface area contributed by atoms with Crippen molar-refractivity contribution in [1.82, 2.24) is 20.2 Å². The number of nitrogens with one attached hydrogen (secondary N) is 2. The average molecular weight is 272 g/mol. The molecule has 6 heteroatoms. The van der Waals surface area contributed by atoms with E-state index in [0.29, 0.717) is 5.95 Å². The predicted octanol–water partition coefficient (Wildman–Crippen LogP) is 2.19. The largest absolute Gasteiger partial charge is 0.385 e. The van der Waals surface area contributed by atoms with Crippen LogP contribution in [0.4, 0.5) is 11.6 Å². The third-order valence-electron chi connectivity index (χ3n) is 3.67. The fourth-order valence-corrected chi connectivity index (χ4v) is 2.84. The molecule has 0 amide bonds. The molecule has 1 atom stereocenters. The zero-order chi connectivity index (χ0) is 14.1. The van der Waals surface area contributed by atoms with Gasteiger partial charge in [-0.3, -0.25) is 0 Å². The third-order valence-corrected chi connectivity index (χ3v) is 3.67. The topological polar surface area (TPSA) is 67.7 Å². The molecule has 1 aromatic heterocycles. The molecule has 1 aliphatic heterocycles. The normalized spacial score (nSPS) is 18.1. The minimum Gasteiger partial charge on any atom is -0.385 e. The Labute approximate surface area is 118 Å². The average Bonchev–Trinajstić information content (AvgIpc) is 2.68. The van der Waals surface area contributed by atoms with Gasteiger partial charge in [0, 0.05) is 12.2 Å². The first-order valence-electron chi connectivity index (χ1n) is 6.99. The molecule has 0 fully saturated rings. The summed E-state index contributed by atoms with van der Waals surface area (Å²) in [6.45, 7) is 5.29. The van der Waals surface area contributed by atoms with Gasteiger partial charge < -0.3 is 10.6 Å². The van der Waals surface area contributed by atoms with Crippen molar-refractivity contribution in [2.24, 2.45) is 7.05 Å². The van der Waals surface area contributed by atoms with E-state index in [0.717, 1.165) is 19.4 Å². The second kappa shape index (κ2) is 5.11. The van der Waals surface area contributed by atoms with E-state index in [2.05, 4.69) is 52.0 Å². The second-order valence-electron chi connectivity index (χ2n) is 5.41. The van der Waals surface area contributed by atoms with Crippen LogP contribution in [0.3, 0.4) is 0 Å². The molecule has 2 N–H and O–H groups in total. The van der Waals surface area contributed by atoms with E-state index in [1.807, 2.05) is 0 Å². The number of rotatable bonds is 2. The van der Waals surface area contributed by atoms with Crippen molar-refractivity contribution in [1.29, 1.82) is 0 Å². The van der Waals surface area contributed by atoms with Gasteiger partial charge in [0.2, 0.25) is 0 Å². The van der Waals surface area contributed by atoms with Gasteiger partial charge in [-0.15, -0.1) is 5.10 Å². The summed E-state index contributed by atoms with van der Waals surface area (Å²) in [5.41, 5.74) is 5.12. The van der Waals surface area contributed by atoms with E-state index < -0.39 is 0 Å². The van der Waals surface area contributed by atoms with E-state index in [9.17, 15) is 0 Å². The second-order valence-corrected chi connectivity index (χ2v) is 5.41. The van der Waals surface area contributed by atoms with E-state index >= 15 is 0 Å². The molecule has 0 radical (unpaired) electrons. The maximum Gasteiger partial charge on any atom is 0.263 e. The maximum absolute atomic E-state index is 4.22. The van der Waals surface area contributed by atoms with Gasteiger partial charge in [0.15, 0.2) is 0 Å². The Morgan fingerprint density at radius 1 is 1.35 bits per heavy atom. The van der Waals surface area contributed by atoms with Gasteiger partial charge in [-0.25, -0.2) is 0 Å². The van der Waals surface area contributed by atoms with Crippen molar-refractivity contribution in [2.45, 2.75) is 32.7 Å². The molecule has 0 saturated heterocycles. The fourth-order valence-electron chi connectivity index (χ4n) is 2.84. The highest BCUT2D eigenvalue weighted by molar-refractivity contribution is 5.61. The predicted molar refractivity (Wildman–Crippen MR) is 78.8 cm³/mol. The van der Waals surface area contributed by atoms with Crippen molar-refractivity contribution >= 4 is 11.6 Å². The van der Waals surface area contributed by atoms with Crippen LogP contribution in [0, 0.1) is 13.8 Å². The smallest absolute Gasteiger partial charge is 0.263 e. The van der Waals surface area contributed by atoms with Crippen LogP contribution < -0.4 is 10.6 Å². The van der Waals surface area contributed by atoms with E-state index in [1.165, 1.54) is 27.2 Å². The van der Waals surface area contributed by atoms with Crippen LogP contribution in [0.15, 0.2) is 12.1 Å². The highest BCUT2D eigenvalue weighted by atomic mass is 15.6. The number of anilines is 2. The lowest BCUT2D eigenvalue weighted by Gasteiger charge is -2.20. The molecule has 20 heavy (non-hydrogen) atoms. The zero-order valence-electron chi connectivity index (χ0n) is 12.1. The Morgan fingerprint density at radius 3 is 2.95 bits per heavy atom. The van der Waals surface area contributed by atoms with Crippen molar-refractivity contribution in [2.75, 3.05) is 17.2 Å². The fraction of sp³-hybridized carbons (Fsp3) is 0.500. The van der Waals surface area contributed by atoms with Crippen molar-refractivity contribution < 1.29 is 0 Å². The standard InChI is InChI=1S/C14H20N6/c1-9-7-10(2)13-11(8-9)12(5-4-6-15-13)16-14-17-19-20(3)18-14/h7-8,12,15H,4-6H2,1-3H3,(H,16,18). The first-order valence-corrected chi connectivity index (χ1v) is 6.99. The molecule has 106 valence electrons. The van der Waals surface area contributed by atoms with Crippen LogP contribution in [0.2, 0.25) is 0 Å². The van der Waals surface area contributed by atoms with Crippen LogP contribution in [0.25, 0.3) is 0 Å². The molecule has 1 unspecified atom stereocenters. The molecular weight excluding hydrogens is 252 g/mol. The molecule has 2 aromatic rings. The molecule has 0 aliphatic carbocycles. The summed E-state index contributed by atoms with van der Waals surface area (Å²) in [4.78, 5) is 1.47. The summed E-state index contributed by atoms with van der Waals surface area (Å²) in [7, 11) is 1.77. The summed E-state index contributed by atoms with van der Waals surface area (Å²) in [6.07, 6.45) is 2.17. The summed E-state index contributed by atoms with van der Waals surface area (Å²) < 4.78 is 0. The first kappa shape index (κ1) is 12.9. The van der Waals surface area contributed by atoms with Gasteiger partial charge in [0.1, 0.15) is 0 Å². The Bertz CT molecular complexity index is 618. The number of fused-ring (bicyclic) bond motifs is 1. The number of benzene rings is 1. The van der Waals surface area contributed by atoms with Crippen molar-refractivity contribution in [3.63, 3.8) is 0 Å². The van der Waals surface area contributed by atoms with Crippen LogP contribution in [-0.4, -0.2) is 26.8 Å². The van der Waals surface area contributed by atoms with Crippen LogP contribution in [0.1, 0.15) is 35.6 Å². The number of aromatic nitrogens is 4. The molecule has 2 heterocycles. The molecule has 1 aliphatic rings. The van der Waals surface area contributed by atoms with Gasteiger partial charge in [-0.1, -0.05) is 22.8 Å². The molecule has 0 saturated carbocycles. The lowest BCUT2D eigenvalue weighted by atomic mass is 9.97. The maximum atomic E-state index is 4.22. The van der Waals surface area contributed by atoms with Gasteiger partial charge in [-0.05, 0) is 43.0 Å². The Kier molecular flexibility index (Phi) is 3.30. The Morgan fingerprint density at radius 2 is 2.20 bits per heavy atom. The quantitative estimate of drug-likeness (QED) is 0.877. The van der Waals surface area contributed by atoms with Crippen LogP contribution in [-0.2, 0) is 7.05 Å². The Hall–Kier alpha value is -2.11. The van der Waals surface area contributed by atoms with Gasteiger partial charge in [0.25, 0.3) is 5.95 Å². The zero-order valence-corrected chi connectivity index (χ0v) is 12.1. The van der Waals surface area contributed by atoms with Crippen molar-refractivity contribution in [3.05, 3.63) is 28.8 Å². The minimum absolute atomic E-state index is 0.225. The van der Waals surface area contributed by atoms with Crippen molar-refractivity contribution in [3.8, 4) is 0 Å². The minimum atomic E-state index is 0.225. The highest BCUT2D eigenvalue weighted by Crippen LogP contribution is 2.34. The van der Waals surface area contributed by atoms with Gasteiger partial charge >= 0.3 is 0 Å². The monoisotopic (exact) mass is 272 g/mol. The molecule has 0 spiro atoms. The highest BCUT2D eigenvalue weighted by Gasteiger charge is 2.21. The third kappa shape index (κ3) is 2.45. The van der Waals surface area contributed by atoms with Gasteiger partial charge in [0.05, 0.1) is 13.1 Å². The SMILES string of the molecule is Cc1cc(C)c2c(c1)C(Nc1nnn(C)n1)CCCN2. The molecule has 1 aromatic carbocycles. The molecular formula is C14H20N6. The van der Waals surface area contributed by atoms with E-state index in [-0.39, 0.29) is 6.04 Å². The summed E-state index contributed by atoms with van der Waals surface area (Å²) in [5, 5.41) is 19.1. The summed E-state index contributed by atoms with van der Waals surface area (Å²) in [6, 6.07) is 4.69. The Balaban J connectivity index is 1.96. The van der Waals surface area contributed by atoms with E-state index in [1.54, 1.807) is 7.05 Å².